The second-order valence-corrected chi connectivity index (χ2v) is 5.36. The summed E-state index contributed by atoms with van der Waals surface area (Å²) in [5.74, 6) is 1.84. The van der Waals surface area contributed by atoms with Crippen LogP contribution in [0.1, 0.15) is 18.4 Å². The second-order valence-electron chi connectivity index (χ2n) is 5.36. The smallest absolute Gasteiger partial charge is 0.128 e. The van der Waals surface area contributed by atoms with Gasteiger partial charge >= 0.3 is 0 Å². The predicted molar refractivity (Wildman–Crippen MR) is 75.6 cm³/mol. The maximum absolute atomic E-state index is 5.58. The Kier molecular flexibility index (Phi) is 4.55. The van der Waals surface area contributed by atoms with E-state index in [0.717, 1.165) is 23.8 Å². The third kappa shape index (κ3) is 3.43. The van der Waals surface area contributed by atoms with Gasteiger partial charge < -0.3 is 15.5 Å². The molecule has 0 atom stereocenters. The number of likely N-dealkylation sites (tertiary alicyclic amines) is 1. The first-order valence-corrected chi connectivity index (χ1v) is 6.73. The number of piperidine rings is 1. The fourth-order valence-corrected chi connectivity index (χ4v) is 2.49. The van der Waals surface area contributed by atoms with Gasteiger partial charge in [0.1, 0.15) is 5.82 Å². The Morgan fingerprint density at radius 1 is 1.39 bits per heavy atom. The SMILES string of the molecule is CN1CCC(CN(C)c2ccc(CN)cn2)CC1. The van der Waals surface area contributed by atoms with Crippen LogP contribution >= 0.6 is 0 Å². The van der Waals surface area contributed by atoms with Gasteiger partial charge in [0.2, 0.25) is 0 Å². The Hall–Kier alpha value is -1.13. The van der Waals surface area contributed by atoms with Gasteiger partial charge in [-0.15, -0.1) is 0 Å². The molecular formula is C14H24N4. The number of hydrogen-bond donors (Lipinski definition) is 1. The van der Waals surface area contributed by atoms with Crippen molar-refractivity contribution in [2.45, 2.75) is 19.4 Å². The van der Waals surface area contributed by atoms with Crippen molar-refractivity contribution in [1.29, 1.82) is 0 Å². The molecule has 0 spiro atoms. The van der Waals surface area contributed by atoms with Gasteiger partial charge in [-0.3, -0.25) is 0 Å². The average Bonchev–Trinajstić information content (AvgIpc) is 2.41. The molecule has 0 radical (unpaired) electrons. The van der Waals surface area contributed by atoms with E-state index in [0.29, 0.717) is 6.54 Å². The van der Waals surface area contributed by atoms with Gasteiger partial charge in [-0.1, -0.05) is 6.07 Å². The molecule has 2 N–H and O–H groups in total. The third-order valence-corrected chi connectivity index (χ3v) is 3.81. The van der Waals surface area contributed by atoms with Crippen LogP contribution in [0.3, 0.4) is 0 Å². The molecule has 1 saturated heterocycles. The normalized spacial score (nSPS) is 17.9. The van der Waals surface area contributed by atoms with Crippen molar-refractivity contribution >= 4 is 5.82 Å². The molecule has 0 amide bonds. The van der Waals surface area contributed by atoms with Crippen molar-refractivity contribution in [1.82, 2.24) is 9.88 Å². The van der Waals surface area contributed by atoms with E-state index in [1.807, 2.05) is 6.20 Å². The summed E-state index contributed by atoms with van der Waals surface area (Å²) in [6.07, 6.45) is 4.46. The standard InChI is InChI=1S/C14H24N4/c1-17-7-5-12(6-8-17)11-18(2)14-4-3-13(9-15)10-16-14/h3-4,10,12H,5-9,11,15H2,1-2H3. The van der Waals surface area contributed by atoms with Crippen molar-refractivity contribution in [3.63, 3.8) is 0 Å². The summed E-state index contributed by atoms with van der Waals surface area (Å²) in [5.41, 5.74) is 6.67. The van der Waals surface area contributed by atoms with Crippen LogP contribution in [0, 0.1) is 5.92 Å². The summed E-state index contributed by atoms with van der Waals surface area (Å²) in [7, 11) is 4.33. The molecule has 0 bridgehead atoms. The highest BCUT2D eigenvalue weighted by atomic mass is 15.2. The molecule has 1 aromatic heterocycles. The highest BCUT2D eigenvalue weighted by Gasteiger charge is 2.18. The molecule has 0 aliphatic carbocycles. The molecule has 1 fully saturated rings. The molecule has 4 nitrogen and oxygen atoms in total. The van der Waals surface area contributed by atoms with Gasteiger partial charge in [0.25, 0.3) is 0 Å². The van der Waals surface area contributed by atoms with Gasteiger partial charge in [0.05, 0.1) is 0 Å². The van der Waals surface area contributed by atoms with Crippen molar-refractivity contribution in [2.24, 2.45) is 11.7 Å². The lowest BCUT2D eigenvalue weighted by Gasteiger charge is -2.32. The largest absolute Gasteiger partial charge is 0.359 e. The van der Waals surface area contributed by atoms with Crippen molar-refractivity contribution < 1.29 is 0 Å². The van der Waals surface area contributed by atoms with Gasteiger partial charge in [-0.2, -0.15) is 0 Å². The van der Waals surface area contributed by atoms with Gasteiger partial charge in [-0.05, 0) is 50.5 Å². The molecule has 2 rings (SSSR count). The fourth-order valence-electron chi connectivity index (χ4n) is 2.49. The van der Waals surface area contributed by atoms with Gasteiger partial charge in [-0.25, -0.2) is 4.98 Å². The van der Waals surface area contributed by atoms with Crippen LogP contribution in [0.4, 0.5) is 5.82 Å². The Balaban J connectivity index is 1.88. The van der Waals surface area contributed by atoms with Gasteiger partial charge in [0.15, 0.2) is 0 Å². The molecule has 4 heteroatoms. The van der Waals surface area contributed by atoms with E-state index < -0.39 is 0 Å². The van der Waals surface area contributed by atoms with Crippen LogP contribution in [0.15, 0.2) is 18.3 Å². The zero-order chi connectivity index (χ0) is 13.0. The molecule has 0 saturated carbocycles. The van der Waals surface area contributed by atoms with Crippen LogP contribution in [0.2, 0.25) is 0 Å². The molecule has 18 heavy (non-hydrogen) atoms. The van der Waals surface area contributed by atoms with E-state index in [4.69, 9.17) is 5.73 Å². The molecular weight excluding hydrogens is 224 g/mol. The summed E-state index contributed by atoms with van der Waals surface area (Å²) >= 11 is 0. The molecule has 100 valence electrons. The number of aromatic nitrogens is 1. The lowest BCUT2D eigenvalue weighted by atomic mass is 9.97. The molecule has 0 aromatic carbocycles. The zero-order valence-corrected chi connectivity index (χ0v) is 11.5. The Labute approximate surface area is 110 Å². The monoisotopic (exact) mass is 248 g/mol. The third-order valence-electron chi connectivity index (χ3n) is 3.81. The lowest BCUT2D eigenvalue weighted by molar-refractivity contribution is 0.222. The number of hydrogen-bond acceptors (Lipinski definition) is 4. The van der Waals surface area contributed by atoms with Crippen molar-refractivity contribution in [2.75, 3.05) is 38.6 Å². The number of anilines is 1. The van der Waals surface area contributed by atoms with Crippen LogP contribution in [0.25, 0.3) is 0 Å². The van der Waals surface area contributed by atoms with Crippen molar-refractivity contribution in [3.8, 4) is 0 Å². The van der Waals surface area contributed by atoms with E-state index in [2.05, 4.69) is 41.0 Å². The maximum Gasteiger partial charge on any atom is 0.128 e. The molecule has 2 heterocycles. The number of nitrogens with zero attached hydrogens (tertiary/aromatic N) is 3. The molecule has 1 aromatic rings. The minimum atomic E-state index is 0.561. The first kappa shape index (κ1) is 13.3. The quantitative estimate of drug-likeness (QED) is 0.873. The van der Waals surface area contributed by atoms with Crippen LogP contribution in [-0.2, 0) is 6.54 Å². The topological polar surface area (TPSA) is 45.4 Å². The Bertz CT molecular complexity index is 355. The Morgan fingerprint density at radius 3 is 2.67 bits per heavy atom. The predicted octanol–water partition coefficient (Wildman–Crippen LogP) is 1.32. The van der Waals surface area contributed by atoms with Crippen LogP contribution < -0.4 is 10.6 Å². The first-order valence-electron chi connectivity index (χ1n) is 6.73. The minimum absolute atomic E-state index is 0.561. The van der Waals surface area contributed by atoms with Crippen molar-refractivity contribution in [3.05, 3.63) is 23.9 Å². The molecule has 1 aliphatic rings. The van der Waals surface area contributed by atoms with Crippen LogP contribution in [0.5, 0.6) is 0 Å². The summed E-state index contributed by atoms with van der Waals surface area (Å²) in [6.45, 7) is 4.10. The van der Waals surface area contributed by atoms with E-state index in [-0.39, 0.29) is 0 Å². The summed E-state index contributed by atoms with van der Waals surface area (Å²) in [5, 5.41) is 0. The molecule has 1 aliphatic heterocycles. The summed E-state index contributed by atoms with van der Waals surface area (Å²) in [6, 6.07) is 4.13. The zero-order valence-electron chi connectivity index (χ0n) is 11.5. The second kappa shape index (κ2) is 6.16. The highest BCUT2D eigenvalue weighted by molar-refractivity contribution is 5.38. The summed E-state index contributed by atoms with van der Waals surface area (Å²) in [4.78, 5) is 9.13. The van der Waals surface area contributed by atoms with E-state index >= 15 is 0 Å². The van der Waals surface area contributed by atoms with Gasteiger partial charge in [0, 0.05) is 26.3 Å². The minimum Gasteiger partial charge on any atom is -0.359 e. The molecule has 0 unspecified atom stereocenters. The highest BCUT2D eigenvalue weighted by Crippen LogP contribution is 2.19. The Morgan fingerprint density at radius 2 is 2.11 bits per heavy atom. The van der Waals surface area contributed by atoms with E-state index in [1.54, 1.807) is 0 Å². The van der Waals surface area contributed by atoms with Crippen LogP contribution in [-0.4, -0.2) is 43.6 Å². The number of nitrogens with two attached hydrogens (primary N) is 1. The van der Waals surface area contributed by atoms with E-state index in [1.165, 1.54) is 25.9 Å². The first-order chi connectivity index (χ1) is 8.69. The maximum atomic E-state index is 5.58. The lowest BCUT2D eigenvalue weighted by Crippen LogP contribution is -2.35. The van der Waals surface area contributed by atoms with E-state index in [9.17, 15) is 0 Å². The number of pyridine rings is 1. The summed E-state index contributed by atoms with van der Waals surface area (Å²) < 4.78 is 0. The fraction of sp³-hybridized carbons (Fsp3) is 0.643. The number of rotatable bonds is 4. The average molecular weight is 248 g/mol.